The van der Waals surface area contributed by atoms with Crippen molar-refractivity contribution in [3.63, 3.8) is 0 Å². The molecule has 2 rings (SSSR count). The van der Waals surface area contributed by atoms with Gasteiger partial charge in [-0.15, -0.1) is 13.2 Å². The van der Waals surface area contributed by atoms with Crippen LogP contribution in [-0.4, -0.2) is 22.9 Å². The van der Waals surface area contributed by atoms with Crippen molar-refractivity contribution in [2.24, 2.45) is 0 Å². The number of benzene rings is 1. The molecule has 0 saturated heterocycles. The highest BCUT2D eigenvalue weighted by atomic mass is 19.4. The fourth-order valence-corrected chi connectivity index (χ4v) is 1.96. The summed E-state index contributed by atoms with van der Waals surface area (Å²) < 4.78 is 45.4. The first kappa shape index (κ1) is 16.4. The lowest BCUT2D eigenvalue weighted by Gasteiger charge is -2.09. The van der Waals surface area contributed by atoms with Gasteiger partial charge in [0, 0.05) is 12.3 Å². The quantitative estimate of drug-likeness (QED) is 0.791. The van der Waals surface area contributed by atoms with Gasteiger partial charge >= 0.3 is 6.36 Å². The Kier molecular flexibility index (Phi) is 5.43. The van der Waals surface area contributed by atoms with Gasteiger partial charge in [-0.1, -0.05) is 12.1 Å². The van der Waals surface area contributed by atoms with Crippen LogP contribution in [-0.2, 0) is 17.8 Å². The first-order chi connectivity index (χ1) is 10.4. The molecule has 1 aromatic heterocycles. The van der Waals surface area contributed by atoms with Gasteiger partial charge in [0.25, 0.3) is 0 Å². The van der Waals surface area contributed by atoms with E-state index in [4.69, 9.17) is 4.74 Å². The third kappa shape index (κ3) is 5.40. The summed E-state index contributed by atoms with van der Waals surface area (Å²) in [7, 11) is 0. The molecule has 1 N–H and O–H groups in total. The number of imidazole rings is 1. The molecule has 0 aliphatic rings. The third-order valence-electron chi connectivity index (χ3n) is 3.06. The van der Waals surface area contributed by atoms with Gasteiger partial charge in [0.15, 0.2) is 0 Å². The summed E-state index contributed by atoms with van der Waals surface area (Å²) in [4.78, 5) is 7.21. The van der Waals surface area contributed by atoms with E-state index in [1.807, 2.05) is 6.92 Å². The van der Waals surface area contributed by atoms with Crippen LogP contribution in [0.3, 0.4) is 0 Å². The Bertz CT molecular complexity index is 579. The molecule has 4 nitrogen and oxygen atoms in total. The van der Waals surface area contributed by atoms with Gasteiger partial charge in [-0.25, -0.2) is 4.98 Å². The average molecular weight is 314 g/mol. The van der Waals surface area contributed by atoms with Gasteiger partial charge in [0.1, 0.15) is 5.75 Å². The fourth-order valence-electron chi connectivity index (χ4n) is 1.96. The van der Waals surface area contributed by atoms with E-state index in [0.717, 1.165) is 29.8 Å². The maximum atomic E-state index is 12.0. The summed E-state index contributed by atoms with van der Waals surface area (Å²) >= 11 is 0. The molecule has 0 radical (unpaired) electrons. The molecule has 0 spiro atoms. The summed E-state index contributed by atoms with van der Waals surface area (Å²) in [5, 5.41) is 0. The van der Waals surface area contributed by atoms with Crippen molar-refractivity contribution >= 4 is 0 Å². The molecule has 0 aliphatic carbocycles. The van der Waals surface area contributed by atoms with E-state index in [0.29, 0.717) is 13.2 Å². The second-order valence-corrected chi connectivity index (χ2v) is 4.82. The minimum atomic E-state index is -4.66. The second kappa shape index (κ2) is 7.31. The Morgan fingerprint density at radius 2 is 1.91 bits per heavy atom. The number of ether oxygens (including phenoxy) is 2. The van der Waals surface area contributed by atoms with Crippen LogP contribution in [0.15, 0.2) is 30.6 Å². The number of rotatable bonds is 7. The molecule has 0 saturated carbocycles. The summed E-state index contributed by atoms with van der Waals surface area (Å²) in [5.41, 5.74) is 2.88. The standard InChI is InChI=1S/C15H17F3N2O2/c1-11-14(20-10-19-11)3-2-8-21-9-12-4-6-13(7-5-12)22-15(16,17)18/h4-7,10H,2-3,8-9H2,1H3,(H,19,20). The van der Waals surface area contributed by atoms with Crippen molar-refractivity contribution in [2.45, 2.75) is 32.7 Å². The largest absolute Gasteiger partial charge is 0.573 e. The second-order valence-electron chi connectivity index (χ2n) is 4.82. The van der Waals surface area contributed by atoms with Crippen molar-refractivity contribution in [3.8, 4) is 5.75 Å². The Morgan fingerprint density at radius 1 is 1.18 bits per heavy atom. The van der Waals surface area contributed by atoms with Crippen LogP contribution in [0.4, 0.5) is 13.2 Å². The maximum Gasteiger partial charge on any atom is 0.573 e. The fraction of sp³-hybridized carbons (Fsp3) is 0.400. The lowest BCUT2D eigenvalue weighted by atomic mass is 10.2. The Labute approximate surface area is 126 Å². The number of alkyl halides is 3. The number of hydrogen-bond donors (Lipinski definition) is 1. The minimum absolute atomic E-state index is 0.231. The summed E-state index contributed by atoms with van der Waals surface area (Å²) in [6.45, 7) is 2.88. The van der Waals surface area contributed by atoms with Gasteiger partial charge in [-0.3, -0.25) is 0 Å². The summed E-state index contributed by atoms with van der Waals surface area (Å²) in [6.07, 6.45) is -1.34. The van der Waals surface area contributed by atoms with Crippen molar-refractivity contribution in [1.29, 1.82) is 0 Å². The number of aromatic amines is 1. The first-order valence-corrected chi connectivity index (χ1v) is 6.85. The van der Waals surface area contributed by atoms with Crippen LogP contribution in [0.1, 0.15) is 23.4 Å². The minimum Gasteiger partial charge on any atom is -0.406 e. The smallest absolute Gasteiger partial charge is 0.406 e. The van der Waals surface area contributed by atoms with Gasteiger partial charge in [0.2, 0.25) is 0 Å². The van der Waals surface area contributed by atoms with E-state index in [2.05, 4.69) is 14.7 Å². The number of H-pyrrole nitrogens is 1. The lowest BCUT2D eigenvalue weighted by Crippen LogP contribution is -2.17. The molecule has 0 bridgehead atoms. The molecule has 7 heteroatoms. The number of aromatic nitrogens is 2. The zero-order chi connectivity index (χ0) is 16.0. The summed E-state index contributed by atoms with van der Waals surface area (Å²) in [6, 6.07) is 5.66. The van der Waals surface area contributed by atoms with Crippen LogP contribution < -0.4 is 4.74 Å². The van der Waals surface area contributed by atoms with Gasteiger partial charge in [0.05, 0.1) is 18.6 Å². The SMILES string of the molecule is Cc1[nH]cnc1CCCOCc1ccc(OC(F)(F)F)cc1. The molecule has 1 aromatic carbocycles. The van der Waals surface area contributed by atoms with Crippen LogP contribution in [0.25, 0.3) is 0 Å². The molecular formula is C15H17F3N2O2. The monoisotopic (exact) mass is 314 g/mol. The van der Waals surface area contributed by atoms with E-state index >= 15 is 0 Å². The predicted molar refractivity (Wildman–Crippen MR) is 74.4 cm³/mol. The molecule has 0 atom stereocenters. The van der Waals surface area contributed by atoms with E-state index in [1.165, 1.54) is 12.1 Å². The van der Waals surface area contributed by atoms with Crippen molar-refractivity contribution in [1.82, 2.24) is 9.97 Å². The highest BCUT2D eigenvalue weighted by molar-refractivity contribution is 5.27. The first-order valence-electron chi connectivity index (χ1n) is 6.85. The van der Waals surface area contributed by atoms with Crippen molar-refractivity contribution < 1.29 is 22.6 Å². The van der Waals surface area contributed by atoms with Crippen molar-refractivity contribution in [2.75, 3.05) is 6.61 Å². The van der Waals surface area contributed by atoms with E-state index in [1.54, 1.807) is 18.5 Å². The highest BCUT2D eigenvalue weighted by Gasteiger charge is 2.30. The Hall–Kier alpha value is -2.02. The molecule has 2 aromatic rings. The predicted octanol–water partition coefficient (Wildman–Crippen LogP) is 3.77. The van der Waals surface area contributed by atoms with Crippen molar-refractivity contribution in [3.05, 3.63) is 47.5 Å². The zero-order valence-electron chi connectivity index (χ0n) is 12.1. The van der Waals surface area contributed by atoms with Gasteiger partial charge in [-0.2, -0.15) is 0 Å². The van der Waals surface area contributed by atoms with Crippen LogP contribution in [0, 0.1) is 6.92 Å². The van der Waals surface area contributed by atoms with E-state index < -0.39 is 6.36 Å². The number of halogens is 3. The molecule has 0 unspecified atom stereocenters. The lowest BCUT2D eigenvalue weighted by molar-refractivity contribution is -0.274. The molecule has 120 valence electrons. The highest BCUT2D eigenvalue weighted by Crippen LogP contribution is 2.22. The molecule has 0 fully saturated rings. The summed E-state index contributed by atoms with van der Waals surface area (Å²) in [5.74, 6) is -0.231. The van der Waals surface area contributed by atoms with Crippen LogP contribution in [0.5, 0.6) is 5.75 Å². The molecular weight excluding hydrogens is 297 g/mol. The number of aryl methyl sites for hydroxylation is 2. The number of nitrogens with one attached hydrogen (secondary N) is 1. The van der Waals surface area contributed by atoms with Gasteiger partial charge in [-0.05, 0) is 37.5 Å². The Morgan fingerprint density at radius 3 is 2.50 bits per heavy atom. The Balaban J connectivity index is 1.68. The zero-order valence-corrected chi connectivity index (χ0v) is 12.1. The van der Waals surface area contributed by atoms with E-state index in [9.17, 15) is 13.2 Å². The number of nitrogens with zero attached hydrogens (tertiary/aromatic N) is 1. The van der Waals surface area contributed by atoms with E-state index in [-0.39, 0.29) is 5.75 Å². The molecule has 0 amide bonds. The maximum absolute atomic E-state index is 12.0. The molecule has 1 heterocycles. The molecule has 22 heavy (non-hydrogen) atoms. The molecule has 0 aliphatic heterocycles. The number of hydrogen-bond acceptors (Lipinski definition) is 3. The van der Waals surface area contributed by atoms with Crippen LogP contribution >= 0.6 is 0 Å². The van der Waals surface area contributed by atoms with Crippen LogP contribution in [0.2, 0.25) is 0 Å². The normalized spacial score (nSPS) is 11.6. The van der Waals surface area contributed by atoms with Gasteiger partial charge < -0.3 is 14.5 Å². The average Bonchev–Trinajstić information content (AvgIpc) is 2.84. The topological polar surface area (TPSA) is 47.1 Å². The third-order valence-corrected chi connectivity index (χ3v) is 3.06.